The molecule has 1 heterocycles. The Hall–Kier alpha value is -1.89. The molecule has 0 saturated carbocycles. The smallest absolute Gasteiger partial charge is 0.208 e. The Morgan fingerprint density at radius 1 is 1.08 bits per heavy atom. The van der Waals surface area contributed by atoms with Gasteiger partial charge in [-0.05, 0) is 35.2 Å². The van der Waals surface area contributed by atoms with Gasteiger partial charge in [-0.2, -0.15) is 0 Å². The van der Waals surface area contributed by atoms with Gasteiger partial charge in [0.2, 0.25) is 10.0 Å². The van der Waals surface area contributed by atoms with Crippen molar-refractivity contribution in [1.29, 1.82) is 0 Å². The van der Waals surface area contributed by atoms with E-state index in [-0.39, 0.29) is 6.04 Å². The Morgan fingerprint density at radius 3 is 2.35 bits per heavy atom. The number of sulfonamides is 1. The molecule has 6 heteroatoms. The molecule has 0 aromatic heterocycles. The fourth-order valence-corrected chi connectivity index (χ4v) is 3.93. The second-order valence-electron chi connectivity index (χ2n) is 7.11. The van der Waals surface area contributed by atoms with E-state index in [9.17, 15) is 8.42 Å². The van der Waals surface area contributed by atoms with Gasteiger partial charge in [0.05, 0.1) is 6.26 Å². The first-order valence-electron chi connectivity index (χ1n) is 8.86. The molecule has 2 aromatic rings. The molecule has 0 saturated heterocycles. The summed E-state index contributed by atoms with van der Waals surface area (Å²) < 4.78 is 26.0. The zero-order valence-electron chi connectivity index (χ0n) is 15.6. The van der Waals surface area contributed by atoms with E-state index in [1.807, 2.05) is 14.1 Å². The van der Waals surface area contributed by atoms with E-state index in [2.05, 4.69) is 63.1 Å². The number of hydrogen-bond donors (Lipinski definition) is 1. The van der Waals surface area contributed by atoms with Crippen LogP contribution in [0.3, 0.4) is 0 Å². The Bertz CT molecular complexity index is 848. The lowest BCUT2D eigenvalue weighted by Gasteiger charge is -2.36. The third-order valence-electron chi connectivity index (χ3n) is 4.93. The Labute approximate surface area is 156 Å². The summed E-state index contributed by atoms with van der Waals surface area (Å²) in [7, 11) is 0.793. The van der Waals surface area contributed by atoms with Crippen molar-refractivity contribution in [3.63, 3.8) is 0 Å². The maximum absolute atomic E-state index is 11.7. The zero-order chi connectivity index (χ0) is 18.7. The lowest BCUT2D eigenvalue weighted by Crippen LogP contribution is -2.40. The quantitative estimate of drug-likeness (QED) is 0.845. The van der Waals surface area contributed by atoms with Crippen molar-refractivity contribution in [2.24, 2.45) is 0 Å². The van der Waals surface area contributed by atoms with Gasteiger partial charge in [-0.25, -0.2) is 13.1 Å². The average Bonchev–Trinajstić information content (AvgIpc) is 2.61. The molecule has 1 aliphatic rings. The summed E-state index contributed by atoms with van der Waals surface area (Å²) in [4.78, 5) is 4.43. The van der Waals surface area contributed by atoms with Gasteiger partial charge in [-0.1, -0.05) is 36.4 Å². The van der Waals surface area contributed by atoms with Crippen LogP contribution in [0.5, 0.6) is 0 Å². The highest BCUT2D eigenvalue weighted by atomic mass is 32.2. The summed E-state index contributed by atoms with van der Waals surface area (Å²) in [6.45, 7) is 2.13. The van der Waals surface area contributed by atoms with E-state index < -0.39 is 10.0 Å². The molecule has 1 atom stereocenters. The van der Waals surface area contributed by atoms with Crippen molar-refractivity contribution in [2.75, 3.05) is 38.3 Å². The number of nitrogens with one attached hydrogen (secondary N) is 1. The van der Waals surface area contributed by atoms with Gasteiger partial charge in [-0.15, -0.1) is 0 Å². The zero-order valence-corrected chi connectivity index (χ0v) is 16.5. The summed E-state index contributed by atoms with van der Waals surface area (Å²) in [6.07, 6.45) is 2.20. The summed E-state index contributed by atoms with van der Waals surface area (Å²) in [5.41, 5.74) is 4.98. The molecule has 2 aromatic carbocycles. The van der Waals surface area contributed by atoms with Gasteiger partial charge in [-0.3, -0.25) is 4.90 Å². The minimum absolute atomic E-state index is 0.00860. The minimum Gasteiger partial charge on any atom is -0.378 e. The first-order chi connectivity index (χ1) is 12.3. The van der Waals surface area contributed by atoms with Crippen molar-refractivity contribution in [1.82, 2.24) is 9.62 Å². The second-order valence-corrected chi connectivity index (χ2v) is 8.94. The van der Waals surface area contributed by atoms with Crippen LogP contribution in [0.15, 0.2) is 48.5 Å². The molecular weight excluding hydrogens is 346 g/mol. The van der Waals surface area contributed by atoms with E-state index >= 15 is 0 Å². The van der Waals surface area contributed by atoms with Crippen LogP contribution in [0, 0.1) is 0 Å². The van der Waals surface area contributed by atoms with Gasteiger partial charge >= 0.3 is 0 Å². The van der Waals surface area contributed by atoms with Crippen LogP contribution in [0.4, 0.5) is 5.69 Å². The molecule has 140 valence electrons. The van der Waals surface area contributed by atoms with Crippen LogP contribution in [0.1, 0.15) is 22.7 Å². The number of nitrogens with zero attached hydrogens (tertiary/aromatic N) is 2. The molecule has 0 aliphatic carbocycles. The fraction of sp³-hybridized carbons (Fsp3) is 0.400. The molecule has 3 rings (SSSR count). The first-order valence-corrected chi connectivity index (χ1v) is 10.8. The fourth-order valence-electron chi connectivity index (χ4n) is 3.47. The number of hydrogen-bond acceptors (Lipinski definition) is 4. The lowest BCUT2D eigenvalue weighted by molar-refractivity contribution is 0.180. The molecular formula is C20H27N3O2S. The van der Waals surface area contributed by atoms with Crippen LogP contribution in [0.25, 0.3) is 0 Å². The van der Waals surface area contributed by atoms with Gasteiger partial charge in [0.15, 0.2) is 0 Å². The molecule has 0 fully saturated rings. The molecule has 0 unspecified atom stereocenters. The predicted octanol–water partition coefficient (Wildman–Crippen LogP) is 2.40. The maximum Gasteiger partial charge on any atom is 0.208 e. The van der Waals surface area contributed by atoms with E-state index in [0.29, 0.717) is 6.54 Å². The van der Waals surface area contributed by atoms with E-state index in [0.717, 1.165) is 30.8 Å². The first kappa shape index (κ1) is 18.9. The van der Waals surface area contributed by atoms with Crippen LogP contribution in [0.2, 0.25) is 0 Å². The van der Waals surface area contributed by atoms with E-state index in [4.69, 9.17) is 0 Å². The average molecular weight is 374 g/mol. The highest BCUT2D eigenvalue weighted by Crippen LogP contribution is 2.28. The standard InChI is InChI=1S/C20H27N3O2S/c1-22(2)19-10-8-17(9-11-19)20(14-21-26(3,24)25)23-13-12-16-6-4-5-7-18(16)15-23/h4-11,20-21H,12-15H2,1-3H3/t20-/m0/s1. The minimum atomic E-state index is -3.23. The normalized spacial score (nSPS) is 16.1. The van der Waals surface area contributed by atoms with Crippen molar-refractivity contribution in [2.45, 2.75) is 19.0 Å². The predicted molar refractivity (Wildman–Crippen MR) is 107 cm³/mol. The summed E-state index contributed by atoms with van der Waals surface area (Å²) in [5, 5.41) is 0. The number of anilines is 1. The third-order valence-corrected chi connectivity index (χ3v) is 5.63. The number of fused-ring (bicyclic) bond motifs is 1. The van der Waals surface area contributed by atoms with Gasteiger partial charge < -0.3 is 4.90 Å². The van der Waals surface area contributed by atoms with Crippen LogP contribution >= 0.6 is 0 Å². The number of rotatable bonds is 6. The van der Waals surface area contributed by atoms with Crippen molar-refractivity contribution >= 4 is 15.7 Å². The highest BCUT2D eigenvalue weighted by Gasteiger charge is 2.25. The van der Waals surface area contributed by atoms with Crippen LogP contribution < -0.4 is 9.62 Å². The van der Waals surface area contributed by atoms with Crippen molar-refractivity contribution in [3.8, 4) is 0 Å². The van der Waals surface area contributed by atoms with Crippen molar-refractivity contribution in [3.05, 3.63) is 65.2 Å². The number of benzene rings is 2. The molecule has 1 aliphatic heterocycles. The van der Waals surface area contributed by atoms with E-state index in [1.54, 1.807) is 0 Å². The SMILES string of the molecule is CN(C)c1ccc([C@H](CNS(C)(=O)=O)N2CCc3ccccc3C2)cc1. The lowest BCUT2D eigenvalue weighted by atomic mass is 9.96. The second kappa shape index (κ2) is 7.78. The molecule has 0 radical (unpaired) electrons. The Balaban J connectivity index is 1.86. The Morgan fingerprint density at radius 2 is 1.73 bits per heavy atom. The topological polar surface area (TPSA) is 52.7 Å². The molecule has 5 nitrogen and oxygen atoms in total. The van der Waals surface area contributed by atoms with Gasteiger partial charge in [0, 0.05) is 45.5 Å². The molecule has 0 amide bonds. The van der Waals surface area contributed by atoms with Gasteiger partial charge in [0.25, 0.3) is 0 Å². The monoisotopic (exact) mass is 373 g/mol. The molecule has 0 spiro atoms. The third kappa shape index (κ3) is 4.63. The van der Waals surface area contributed by atoms with Crippen LogP contribution in [-0.2, 0) is 23.0 Å². The largest absolute Gasteiger partial charge is 0.378 e. The van der Waals surface area contributed by atoms with Gasteiger partial charge in [0.1, 0.15) is 0 Å². The maximum atomic E-state index is 11.7. The highest BCUT2D eigenvalue weighted by molar-refractivity contribution is 7.88. The molecule has 1 N–H and O–H groups in total. The van der Waals surface area contributed by atoms with Crippen LogP contribution in [-0.4, -0.2) is 46.8 Å². The summed E-state index contributed by atoms with van der Waals surface area (Å²) in [5.74, 6) is 0. The Kier molecular flexibility index (Phi) is 5.65. The summed E-state index contributed by atoms with van der Waals surface area (Å²) in [6, 6.07) is 16.9. The van der Waals surface area contributed by atoms with Crippen molar-refractivity contribution < 1.29 is 8.42 Å². The van der Waals surface area contributed by atoms with E-state index in [1.165, 1.54) is 17.4 Å². The molecule has 0 bridgehead atoms. The molecule has 26 heavy (non-hydrogen) atoms. The summed E-state index contributed by atoms with van der Waals surface area (Å²) >= 11 is 0.